The number of fused-ring (bicyclic) bond motifs is 2. The fourth-order valence-electron chi connectivity index (χ4n) is 4.89. The molecule has 0 aliphatic carbocycles. The molecule has 156 valence electrons. The summed E-state index contributed by atoms with van der Waals surface area (Å²) in [6.07, 6.45) is 4.73. The number of nitrogens with zero attached hydrogens (tertiary/aromatic N) is 3. The van der Waals surface area contributed by atoms with Crippen LogP contribution in [0.15, 0.2) is 65.7 Å². The number of pyridine rings is 1. The Morgan fingerprint density at radius 1 is 0.967 bits per heavy atom. The van der Waals surface area contributed by atoms with Crippen molar-refractivity contribution in [3.63, 3.8) is 0 Å². The molecule has 0 radical (unpaired) electrons. The van der Waals surface area contributed by atoms with Gasteiger partial charge in [0.1, 0.15) is 4.90 Å². The smallest absolute Gasteiger partial charge is 0.245 e. The van der Waals surface area contributed by atoms with Crippen molar-refractivity contribution in [3.8, 4) is 0 Å². The van der Waals surface area contributed by atoms with Gasteiger partial charge in [-0.15, -0.1) is 0 Å². The molecule has 2 aliphatic rings. The van der Waals surface area contributed by atoms with Crippen LogP contribution in [-0.4, -0.2) is 48.8 Å². The van der Waals surface area contributed by atoms with E-state index in [1.165, 1.54) is 11.1 Å². The molecule has 0 bridgehead atoms. The number of piperidine rings is 1. The first-order valence-electron chi connectivity index (χ1n) is 10.7. The van der Waals surface area contributed by atoms with Crippen molar-refractivity contribution < 1.29 is 8.42 Å². The molecule has 3 heterocycles. The van der Waals surface area contributed by atoms with E-state index in [0.717, 1.165) is 44.3 Å². The Balaban J connectivity index is 1.33. The fraction of sp³-hybridized carbons (Fsp3) is 0.375. The maximum absolute atomic E-state index is 13.5. The van der Waals surface area contributed by atoms with Crippen LogP contribution in [0.25, 0.3) is 10.9 Å². The van der Waals surface area contributed by atoms with Gasteiger partial charge in [-0.3, -0.25) is 9.88 Å². The number of sulfonamides is 1. The SMILES string of the molecule is O=S(=O)(c1cccc2cccnc12)N1CCCC(CN2CCc3ccccc3C2)C1. The number of rotatable bonds is 4. The lowest BCUT2D eigenvalue weighted by atomic mass is 9.95. The molecular formula is C24H27N3O2S. The van der Waals surface area contributed by atoms with Gasteiger partial charge in [0.15, 0.2) is 0 Å². The highest BCUT2D eigenvalue weighted by Gasteiger charge is 2.32. The average Bonchev–Trinajstić information content (AvgIpc) is 2.79. The van der Waals surface area contributed by atoms with Crippen LogP contribution in [0.3, 0.4) is 0 Å². The minimum atomic E-state index is -3.56. The first-order chi connectivity index (χ1) is 14.6. The minimum absolute atomic E-state index is 0.327. The molecule has 0 spiro atoms. The van der Waals surface area contributed by atoms with Crippen molar-refractivity contribution in [1.82, 2.24) is 14.2 Å². The van der Waals surface area contributed by atoms with Gasteiger partial charge < -0.3 is 0 Å². The zero-order chi connectivity index (χ0) is 20.6. The minimum Gasteiger partial charge on any atom is -0.298 e. The zero-order valence-electron chi connectivity index (χ0n) is 17.1. The first-order valence-corrected chi connectivity index (χ1v) is 12.2. The van der Waals surface area contributed by atoms with E-state index in [2.05, 4.69) is 34.1 Å². The highest BCUT2D eigenvalue weighted by molar-refractivity contribution is 7.89. The second-order valence-electron chi connectivity index (χ2n) is 8.46. The van der Waals surface area contributed by atoms with Crippen molar-refractivity contribution in [2.24, 2.45) is 5.92 Å². The van der Waals surface area contributed by atoms with Crippen LogP contribution in [0.1, 0.15) is 24.0 Å². The summed E-state index contributed by atoms with van der Waals surface area (Å²) in [6.45, 7) is 4.14. The molecule has 0 amide bonds. The van der Waals surface area contributed by atoms with Gasteiger partial charge in [-0.05, 0) is 48.4 Å². The van der Waals surface area contributed by atoms with E-state index >= 15 is 0 Å². The van der Waals surface area contributed by atoms with E-state index in [-0.39, 0.29) is 0 Å². The lowest BCUT2D eigenvalue weighted by molar-refractivity contribution is 0.167. The highest BCUT2D eigenvalue weighted by atomic mass is 32.2. The normalized spacial score (nSPS) is 20.9. The Morgan fingerprint density at radius 2 is 1.80 bits per heavy atom. The molecule has 0 saturated carbocycles. The molecule has 2 aromatic carbocycles. The molecule has 1 saturated heterocycles. The van der Waals surface area contributed by atoms with Crippen molar-refractivity contribution in [2.45, 2.75) is 30.7 Å². The van der Waals surface area contributed by atoms with E-state index in [0.29, 0.717) is 29.4 Å². The van der Waals surface area contributed by atoms with E-state index in [1.54, 1.807) is 16.6 Å². The Morgan fingerprint density at radius 3 is 2.70 bits per heavy atom. The van der Waals surface area contributed by atoms with E-state index in [4.69, 9.17) is 0 Å². The molecule has 30 heavy (non-hydrogen) atoms. The van der Waals surface area contributed by atoms with Gasteiger partial charge in [0.05, 0.1) is 5.52 Å². The summed E-state index contributed by atoms with van der Waals surface area (Å²) in [5.41, 5.74) is 3.42. The summed E-state index contributed by atoms with van der Waals surface area (Å²) in [6, 6.07) is 17.8. The summed E-state index contributed by atoms with van der Waals surface area (Å²) in [5, 5.41) is 0.860. The molecule has 3 aromatic rings. The van der Waals surface area contributed by atoms with E-state index in [9.17, 15) is 8.42 Å². The van der Waals surface area contributed by atoms with Gasteiger partial charge >= 0.3 is 0 Å². The molecule has 5 rings (SSSR count). The van der Waals surface area contributed by atoms with Crippen LogP contribution < -0.4 is 0 Å². The maximum atomic E-state index is 13.5. The third-order valence-corrected chi connectivity index (χ3v) is 8.32. The number of benzene rings is 2. The van der Waals surface area contributed by atoms with Crippen molar-refractivity contribution >= 4 is 20.9 Å². The van der Waals surface area contributed by atoms with Gasteiger partial charge in [0.2, 0.25) is 10.0 Å². The lowest BCUT2D eigenvalue weighted by Crippen LogP contribution is -2.44. The summed E-state index contributed by atoms with van der Waals surface area (Å²) >= 11 is 0. The van der Waals surface area contributed by atoms with Gasteiger partial charge in [0.25, 0.3) is 0 Å². The van der Waals surface area contributed by atoms with Crippen molar-refractivity contribution in [2.75, 3.05) is 26.2 Å². The van der Waals surface area contributed by atoms with Gasteiger partial charge in [-0.25, -0.2) is 8.42 Å². The highest BCUT2D eigenvalue weighted by Crippen LogP contribution is 2.29. The topological polar surface area (TPSA) is 53.5 Å². The lowest BCUT2D eigenvalue weighted by Gasteiger charge is -2.36. The number of aromatic nitrogens is 1. The quantitative estimate of drug-likeness (QED) is 0.645. The Hall–Kier alpha value is -2.28. The van der Waals surface area contributed by atoms with Crippen LogP contribution in [0.2, 0.25) is 0 Å². The number of para-hydroxylation sites is 1. The average molecular weight is 422 g/mol. The predicted molar refractivity (Wildman–Crippen MR) is 119 cm³/mol. The van der Waals surface area contributed by atoms with E-state index in [1.807, 2.05) is 24.3 Å². The largest absolute Gasteiger partial charge is 0.298 e. The Kier molecular flexibility index (Phi) is 5.31. The van der Waals surface area contributed by atoms with Crippen molar-refractivity contribution in [3.05, 3.63) is 71.9 Å². The molecule has 1 unspecified atom stereocenters. The summed E-state index contributed by atoms with van der Waals surface area (Å²) in [7, 11) is -3.56. The maximum Gasteiger partial charge on any atom is 0.245 e. The first kappa shape index (κ1) is 19.7. The monoisotopic (exact) mass is 421 g/mol. The van der Waals surface area contributed by atoms with Crippen LogP contribution in [-0.2, 0) is 23.0 Å². The molecule has 2 aliphatic heterocycles. The van der Waals surface area contributed by atoms with Crippen LogP contribution in [0.5, 0.6) is 0 Å². The van der Waals surface area contributed by atoms with Crippen LogP contribution in [0, 0.1) is 5.92 Å². The number of hydrogen-bond acceptors (Lipinski definition) is 4. The molecule has 1 aromatic heterocycles. The number of hydrogen-bond donors (Lipinski definition) is 0. The van der Waals surface area contributed by atoms with E-state index < -0.39 is 10.0 Å². The molecular weight excluding hydrogens is 394 g/mol. The van der Waals surface area contributed by atoms with Gasteiger partial charge in [-0.1, -0.05) is 42.5 Å². The predicted octanol–water partition coefficient (Wildman–Crippen LogP) is 3.69. The Bertz CT molecular complexity index is 1160. The van der Waals surface area contributed by atoms with Gasteiger partial charge in [0, 0.05) is 44.3 Å². The summed E-state index contributed by atoms with van der Waals surface area (Å²) in [5.74, 6) is 0.363. The van der Waals surface area contributed by atoms with Crippen molar-refractivity contribution in [1.29, 1.82) is 0 Å². The summed E-state index contributed by atoms with van der Waals surface area (Å²) in [4.78, 5) is 7.18. The Labute approximate surface area is 178 Å². The molecule has 5 nitrogen and oxygen atoms in total. The van der Waals surface area contributed by atoms with Gasteiger partial charge in [-0.2, -0.15) is 4.31 Å². The molecule has 1 atom stereocenters. The zero-order valence-corrected chi connectivity index (χ0v) is 17.9. The third kappa shape index (κ3) is 3.75. The summed E-state index contributed by atoms with van der Waals surface area (Å²) < 4.78 is 28.6. The molecule has 6 heteroatoms. The molecule has 0 N–H and O–H groups in total. The fourth-order valence-corrected chi connectivity index (χ4v) is 6.61. The van der Waals surface area contributed by atoms with Crippen LogP contribution in [0.4, 0.5) is 0 Å². The standard InChI is InChI=1S/C24H27N3O2S/c28-30(29,23-11-3-9-21-10-4-13-25-24(21)23)27-14-5-6-19(17-27)16-26-15-12-20-7-1-2-8-22(20)18-26/h1-4,7-11,13,19H,5-6,12,14-18H2. The second-order valence-corrected chi connectivity index (χ2v) is 10.4. The second kappa shape index (κ2) is 8.10. The third-order valence-electron chi connectivity index (χ3n) is 6.42. The van der Waals surface area contributed by atoms with Crippen LogP contribution >= 0.6 is 0 Å². The molecule has 1 fully saturated rings.